The Kier molecular flexibility index (Phi) is 4.20. The average molecular weight is 394 g/mol. The highest BCUT2D eigenvalue weighted by atomic mass is 127. The molecule has 1 fully saturated rings. The third kappa shape index (κ3) is 4.45. The molecule has 2 rings (SSSR count). The number of carboxylic acids is 1. The fourth-order valence-electron chi connectivity index (χ4n) is 2.22. The Morgan fingerprint density at radius 3 is 2.32 bits per heavy atom. The SMILES string of the molecule is O=C(O)CC1(CS(=O)(=O)Cc2ccc(I)cc2)CC1. The Morgan fingerprint density at radius 2 is 1.84 bits per heavy atom. The molecule has 0 bridgehead atoms. The number of carboxylic acid groups (broad SMARTS) is 1. The molecule has 4 nitrogen and oxygen atoms in total. The van der Waals surface area contributed by atoms with E-state index in [4.69, 9.17) is 5.11 Å². The van der Waals surface area contributed by atoms with Crippen LogP contribution >= 0.6 is 22.6 Å². The van der Waals surface area contributed by atoms with E-state index < -0.39 is 21.2 Å². The molecule has 0 saturated heterocycles. The molecule has 104 valence electrons. The first-order valence-corrected chi connectivity index (χ1v) is 8.87. The molecule has 0 spiro atoms. The van der Waals surface area contributed by atoms with Crippen LogP contribution in [0.2, 0.25) is 0 Å². The lowest BCUT2D eigenvalue weighted by atomic mass is 10.1. The summed E-state index contributed by atoms with van der Waals surface area (Å²) in [6.45, 7) is 0. The molecular weight excluding hydrogens is 379 g/mol. The van der Waals surface area contributed by atoms with Gasteiger partial charge in [0.05, 0.1) is 17.9 Å². The average Bonchev–Trinajstić information content (AvgIpc) is 2.98. The second-order valence-electron chi connectivity index (χ2n) is 5.23. The van der Waals surface area contributed by atoms with Gasteiger partial charge in [-0.05, 0) is 58.5 Å². The van der Waals surface area contributed by atoms with E-state index in [0.29, 0.717) is 12.8 Å². The van der Waals surface area contributed by atoms with Gasteiger partial charge in [0.2, 0.25) is 0 Å². The van der Waals surface area contributed by atoms with Gasteiger partial charge >= 0.3 is 5.97 Å². The monoisotopic (exact) mass is 394 g/mol. The van der Waals surface area contributed by atoms with Crippen molar-refractivity contribution in [1.29, 1.82) is 0 Å². The van der Waals surface area contributed by atoms with E-state index in [1.165, 1.54) is 0 Å². The standard InChI is InChI=1S/C13H15IO4S/c14-11-3-1-10(2-4-11)8-19(17,18)9-13(5-6-13)7-12(15)16/h1-4H,5-9H2,(H,15,16). The maximum Gasteiger partial charge on any atom is 0.303 e. The minimum Gasteiger partial charge on any atom is -0.481 e. The Morgan fingerprint density at radius 1 is 1.26 bits per heavy atom. The Hall–Kier alpha value is -0.630. The van der Waals surface area contributed by atoms with Gasteiger partial charge in [0.15, 0.2) is 9.84 Å². The van der Waals surface area contributed by atoms with Crippen LogP contribution in [0.4, 0.5) is 0 Å². The third-order valence-corrected chi connectivity index (χ3v) is 5.85. The van der Waals surface area contributed by atoms with Gasteiger partial charge in [0.25, 0.3) is 0 Å². The molecule has 0 heterocycles. The van der Waals surface area contributed by atoms with Crippen molar-refractivity contribution in [1.82, 2.24) is 0 Å². The summed E-state index contributed by atoms with van der Waals surface area (Å²) in [5.41, 5.74) is 0.250. The van der Waals surface area contributed by atoms with E-state index in [9.17, 15) is 13.2 Å². The maximum atomic E-state index is 12.1. The molecule has 0 aliphatic heterocycles. The summed E-state index contributed by atoms with van der Waals surface area (Å²) >= 11 is 2.16. The van der Waals surface area contributed by atoms with E-state index >= 15 is 0 Å². The van der Waals surface area contributed by atoms with Crippen LogP contribution in [0.1, 0.15) is 24.8 Å². The van der Waals surface area contributed by atoms with E-state index in [1.807, 2.05) is 12.1 Å². The van der Waals surface area contributed by atoms with Gasteiger partial charge in [0.1, 0.15) is 0 Å². The Balaban J connectivity index is 2.03. The van der Waals surface area contributed by atoms with E-state index in [1.54, 1.807) is 12.1 Å². The van der Waals surface area contributed by atoms with Crippen molar-refractivity contribution in [2.45, 2.75) is 25.0 Å². The van der Waals surface area contributed by atoms with Crippen molar-refractivity contribution >= 4 is 38.4 Å². The number of hydrogen-bond acceptors (Lipinski definition) is 3. The maximum absolute atomic E-state index is 12.1. The molecule has 1 aromatic rings. The minimum absolute atomic E-state index is 0.00864. The zero-order valence-electron chi connectivity index (χ0n) is 10.3. The van der Waals surface area contributed by atoms with Crippen LogP contribution < -0.4 is 0 Å². The quantitative estimate of drug-likeness (QED) is 0.753. The Bertz CT molecular complexity index is 573. The molecule has 1 aliphatic rings. The van der Waals surface area contributed by atoms with Gasteiger partial charge in [-0.2, -0.15) is 0 Å². The highest BCUT2D eigenvalue weighted by molar-refractivity contribution is 14.1. The summed E-state index contributed by atoms with van der Waals surface area (Å²) in [4.78, 5) is 10.7. The fraction of sp³-hybridized carbons (Fsp3) is 0.462. The third-order valence-electron chi connectivity index (χ3n) is 3.31. The predicted octanol–water partition coefficient (Wildman–Crippen LogP) is 2.46. The lowest BCUT2D eigenvalue weighted by Crippen LogP contribution is -2.21. The molecule has 1 saturated carbocycles. The van der Waals surface area contributed by atoms with E-state index in [-0.39, 0.29) is 17.9 Å². The summed E-state index contributed by atoms with van der Waals surface area (Å²) in [6, 6.07) is 7.34. The summed E-state index contributed by atoms with van der Waals surface area (Å²) in [5, 5.41) is 8.81. The Labute approximate surface area is 126 Å². The van der Waals surface area contributed by atoms with Gasteiger partial charge in [-0.15, -0.1) is 0 Å². The number of carbonyl (C=O) groups is 1. The molecule has 0 aromatic heterocycles. The number of sulfone groups is 1. The molecule has 0 unspecified atom stereocenters. The van der Waals surface area contributed by atoms with Crippen LogP contribution in [0.3, 0.4) is 0 Å². The molecule has 0 atom stereocenters. The van der Waals surface area contributed by atoms with Crippen LogP contribution in [0.5, 0.6) is 0 Å². The van der Waals surface area contributed by atoms with Crippen molar-refractivity contribution in [3.8, 4) is 0 Å². The molecular formula is C13H15IO4S. The molecule has 1 aliphatic carbocycles. The normalized spacial score (nSPS) is 17.1. The number of rotatable bonds is 6. The first-order valence-electron chi connectivity index (χ1n) is 5.97. The van der Waals surface area contributed by atoms with Crippen LogP contribution in [-0.4, -0.2) is 25.2 Å². The summed E-state index contributed by atoms with van der Waals surface area (Å²) in [5.74, 6) is -0.939. The van der Waals surface area contributed by atoms with Crippen molar-refractivity contribution in [2.24, 2.45) is 5.41 Å². The predicted molar refractivity (Wildman–Crippen MR) is 80.6 cm³/mol. The largest absolute Gasteiger partial charge is 0.481 e. The van der Waals surface area contributed by atoms with Crippen molar-refractivity contribution in [3.05, 3.63) is 33.4 Å². The second kappa shape index (κ2) is 5.40. The first-order chi connectivity index (χ1) is 8.80. The number of hydrogen-bond donors (Lipinski definition) is 1. The van der Waals surface area contributed by atoms with Gasteiger partial charge < -0.3 is 5.11 Å². The summed E-state index contributed by atoms with van der Waals surface area (Å²) in [6.07, 6.45) is 1.36. The minimum atomic E-state index is -3.25. The summed E-state index contributed by atoms with van der Waals surface area (Å²) < 4.78 is 25.3. The van der Waals surface area contributed by atoms with Crippen LogP contribution in [0.25, 0.3) is 0 Å². The van der Waals surface area contributed by atoms with Crippen LogP contribution in [0.15, 0.2) is 24.3 Å². The van der Waals surface area contributed by atoms with E-state index in [2.05, 4.69) is 22.6 Å². The fourth-order valence-corrected chi connectivity index (χ4v) is 4.71. The zero-order chi connectivity index (χ0) is 14.1. The zero-order valence-corrected chi connectivity index (χ0v) is 13.3. The van der Waals surface area contributed by atoms with Crippen LogP contribution in [0, 0.1) is 8.99 Å². The van der Waals surface area contributed by atoms with Gasteiger partial charge in [-0.1, -0.05) is 12.1 Å². The number of aliphatic carboxylic acids is 1. The lowest BCUT2D eigenvalue weighted by molar-refractivity contribution is -0.138. The number of benzene rings is 1. The number of halogens is 1. The van der Waals surface area contributed by atoms with Crippen molar-refractivity contribution < 1.29 is 18.3 Å². The lowest BCUT2D eigenvalue weighted by Gasteiger charge is -2.13. The van der Waals surface area contributed by atoms with Gasteiger partial charge in [-0.25, -0.2) is 8.42 Å². The van der Waals surface area contributed by atoms with Gasteiger partial charge in [-0.3, -0.25) is 4.79 Å². The first kappa shape index (κ1) is 14.8. The summed E-state index contributed by atoms with van der Waals surface area (Å²) in [7, 11) is -3.25. The highest BCUT2D eigenvalue weighted by Crippen LogP contribution is 2.50. The second-order valence-corrected chi connectivity index (χ2v) is 8.54. The molecule has 6 heteroatoms. The van der Waals surface area contributed by atoms with Gasteiger partial charge in [0, 0.05) is 3.57 Å². The molecule has 19 heavy (non-hydrogen) atoms. The molecule has 1 aromatic carbocycles. The molecule has 1 N–H and O–H groups in total. The van der Waals surface area contributed by atoms with E-state index in [0.717, 1.165) is 9.13 Å². The smallest absolute Gasteiger partial charge is 0.303 e. The highest BCUT2D eigenvalue weighted by Gasteiger charge is 2.47. The topological polar surface area (TPSA) is 71.4 Å². The van der Waals surface area contributed by atoms with Crippen molar-refractivity contribution in [2.75, 3.05) is 5.75 Å². The molecule has 0 amide bonds. The van der Waals surface area contributed by atoms with Crippen LogP contribution in [-0.2, 0) is 20.4 Å². The molecule has 0 radical (unpaired) electrons. The van der Waals surface area contributed by atoms with Crippen molar-refractivity contribution in [3.63, 3.8) is 0 Å².